The molecule has 0 spiro atoms. The molecule has 0 amide bonds. The number of rotatable bonds is 6. The molecular weight excluding hydrogens is 171 g/mol. The van der Waals surface area contributed by atoms with Crippen molar-refractivity contribution in [1.82, 2.24) is 0 Å². The van der Waals surface area contributed by atoms with Gasteiger partial charge in [0.25, 0.3) is 0 Å². The van der Waals surface area contributed by atoms with Crippen molar-refractivity contribution in [2.75, 3.05) is 0 Å². The van der Waals surface area contributed by atoms with E-state index in [-0.39, 0.29) is 0 Å². The van der Waals surface area contributed by atoms with E-state index in [2.05, 4.69) is 50.9 Å². The van der Waals surface area contributed by atoms with Crippen molar-refractivity contribution in [1.29, 1.82) is 0 Å². The molecule has 0 saturated carbocycles. The van der Waals surface area contributed by atoms with E-state index in [1.54, 1.807) is 0 Å². The normalized spacial score (nSPS) is 12.8. The average Bonchev–Trinajstić information content (AvgIpc) is 2.03. The average molecular weight is 196 g/mol. The van der Waals surface area contributed by atoms with Gasteiger partial charge in [-0.15, -0.1) is 0 Å². The smallest absolute Gasteiger partial charge is 0.0923 e. The Labute approximate surface area is 92.9 Å². The lowest BCUT2D eigenvalue weighted by Crippen LogP contribution is -2.26. The van der Waals surface area contributed by atoms with Crippen molar-refractivity contribution in [3.05, 3.63) is 0 Å². The van der Waals surface area contributed by atoms with Gasteiger partial charge in [-0.2, -0.15) is 0 Å². The van der Waals surface area contributed by atoms with Crippen LogP contribution in [0.5, 0.6) is 0 Å². The van der Waals surface area contributed by atoms with E-state index in [4.69, 9.17) is 0 Å². The summed E-state index contributed by atoms with van der Waals surface area (Å²) in [6.07, 6.45) is 5.46. The number of unbranched alkanes of at least 4 members (excludes halogenated alkanes) is 2. The maximum Gasteiger partial charge on any atom is 0.130 e. The molecular formula is C12H25Al. The summed E-state index contributed by atoms with van der Waals surface area (Å²) in [7, 11) is 0. The Kier molecular flexibility index (Phi) is 6.35. The molecule has 2 radical (unpaired) electrons. The molecule has 13 heavy (non-hydrogen) atoms. The lowest BCUT2D eigenvalue weighted by molar-refractivity contribution is 0.285. The third-order valence-electron chi connectivity index (χ3n) is 3.36. The fraction of sp³-hybridized carbons (Fsp3) is 1.00. The summed E-state index contributed by atoms with van der Waals surface area (Å²) in [4.78, 5) is 0. The molecule has 0 aromatic carbocycles. The van der Waals surface area contributed by atoms with Crippen molar-refractivity contribution in [2.24, 2.45) is 11.8 Å². The fourth-order valence-corrected chi connectivity index (χ4v) is 2.13. The molecule has 0 fully saturated rings. The quantitative estimate of drug-likeness (QED) is 0.441. The Morgan fingerprint density at radius 1 is 1.00 bits per heavy atom. The Hall–Kier alpha value is 0.532. The second-order valence-corrected chi connectivity index (χ2v) is 5.95. The Morgan fingerprint density at radius 3 is 1.77 bits per heavy atom. The number of hydrogen-bond acceptors (Lipinski definition) is 0. The van der Waals surface area contributed by atoms with Crippen LogP contribution < -0.4 is 0 Å². The van der Waals surface area contributed by atoms with Gasteiger partial charge in [-0.05, 0) is 0 Å². The Balaban J connectivity index is 4.09. The molecule has 0 saturated heterocycles. The lowest BCUT2D eigenvalue weighted by Gasteiger charge is -2.40. The van der Waals surface area contributed by atoms with Crippen molar-refractivity contribution in [3.63, 3.8) is 0 Å². The minimum absolute atomic E-state index is 0.467. The van der Waals surface area contributed by atoms with Crippen LogP contribution in [0.3, 0.4) is 0 Å². The molecule has 0 aromatic heterocycles. The van der Waals surface area contributed by atoms with Crippen LogP contribution in [0.1, 0.15) is 60.3 Å². The number of hydrogen-bond donors (Lipinski definition) is 0. The predicted molar refractivity (Wildman–Crippen MR) is 62.3 cm³/mol. The van der Waals surface area contributed by atoms with Crippen LogP contribution in [0.25, 0.3) is 0 Å². The van der Waals surface area contributed by atoms with E-state index in [0.717, 1.165) is 11.8 Å². The van der Waals surface area contributed by atoms with E-state index < -0.39 is 0 Å². The molecule has 0 aliphatic rings. The molecule has 0 rings (SSSR count). The van der Waals surface area contributed by atoms with Gasteiger partial charge >= 0.3 is 0 Å². The first-order chi connectivity index (χ1) is 5.95. The monoisotopic (exact) mass is 196 g/mol. The van der Waals surface area contributed by atoms with Gasteiger partial charge in [0, 0.05) is 0 Å². The van der Waals surface area contributed by atoms with Crippen LogP contribution in [-0.4, -0.2) is 16.3 Å². The largest absolute Gasteiger partial charge is 0.130 e. The first kappa shape index (κ1) is 13.5. The zero-order valence-corrected chi connectivity index (χ0v) is 11.2. The molecule has 0 nitrogen and oxygen atoms in total. The summed E-state index contributed by atoms with van der Waals surface area (Å²) >= 11 is 3.12. The Bertz CT molecular complexity index is 119. The van der Waals surface area contributed by atoms with E-state index >= 15 is 0 Å². The third-order valence-corrected chi connectivity index (χ3v) is 4.99. The maximum absolute atomic E-state index is 3.12. The van der Waals surface area contributed by atoms with Gasteiger partial charge < -0.3 is 0 Å². The summed E-state index contributed by atoms with van der Waals surface area (Å²) in [6, 6.07) is 0. The highest BCUT2D eigenvalue weighted by molar-refractivity contribution is 6.15. The van der Waals surface area contributed by atoms with Crippen LogP contribution in [0.4, 0.5) is 0 Å². The molecule has 0 unspecified atom stereocenters. The molecule has 0 heterocycles. The van der Waals surface area contributed by atoms with Gasteiger partial charge in [0.05, 0.1) is 0 Å². The molecule has 0 atom stereocenters. The van der Waals surface area contributed by atoms with Crippen LogP contribution in [0, 0.1) is 11.8 Å². The second-order valence-electron chi connectivity index (χ2n) is 4.88. The van der Waals surface area contributed by atoms with Crippen LogP contribution >= 0.6 is 0 Å². The molecule has 1 heteroatoms. The van der Waals surface area contributed by atoms with Crippen molar-refractivity contribution in [2.45, 2.75) is 64.6 Å². The van der Waals surface area contributed by atoms with Gasteiger partial charge in [0.1, 0.15) is 16.3 Å². The van der Waals surface area contributed by atoms with Crippen molar-refractivity contribution < 1.29 is 0 Å². The molecule has 0 bridgehead atoms. The topological polar surface area (TPSA) is 0 Å². The van der Waals surface area contributed by atoms with Crippen molar-refractivity contribution >= 4 is 16.3 Å². The minimum atomic E-state index is 0.467. The van der Waals surface area contributed by atoms with Crippen LogP contribution in [0.2, 0.25) is 4.28 Å². The molecule has 0 aliphatic carbocycles. The fourth-order valence-electron chi connectivity index (χ4n) is 1.93. The zero-order valence-electron chi connectivity index (χ0n) is 10.1. The summed E-state index contributed by atoms with van der Waals surface area (Å²) in [6.45, 7) is 11.7. The van der Waals surface area contributed by atoms with Crippen LogP contribution in [0.15, 0.2) is 0 Å². The Morgan fingerprint density at radius 2 is 1.46 bits per heavy atom. The second kappa shape index (κ2) is 6.10. The molecule has 0 aromatic rings. The highest BCUT2D eigenvalue weighted by atomic mass is 27.0. The van der Waals surface area contributed by atoms with E-state index in [9.17, 15) is 0 Å². The highest BCUT2D eigenvalue weighted by Gasteiger charge is 2.29. The van der Waals surface area contributed by atoms with E-state index in [0.29, 0.717) is 4.28 Å². The van der Waals surface area contributed by atoms with Crippen LogP contribution in [-0.2, 0) is 0 Å². The van der Waals surface area contributed by atoms with Gasteiger partial charge in [-0.25, -0.2) is 0 Å². The molecule has 0 N–H and O–H groups in total. The van der Waals surface area contributed by atoms with Gasteiger partial charge in [-0.3, -0.25) is 0 Å². The first-order valence-corrected chi connectivity index (χ1v) is 6.31. The van der Waals surface area contributed by atoms with E-state index in [1.807, 2.05) is 0 Å². The minimum Gasteiger partial charge on any atom is -0.0923 e. The zero-order chi connectivity index (χ0) is 10.5. The molecule has 76 valence electrons. The highest BCUT2D eigenvalue weighted by Crippen LogP contribution is 2.44. The maximum atomic E-state index is 3.12. The lowest BCUT2D eigenvalue weighted by atomic mass is 9.80. The van der Waals surface area contributed by atoms with E-state index in [1.165, 1.54) is 25.7 Å². The first-order valence-electron chi connectivity index (χ1n) is 5.74. The summed E-state index contributed by atoms with van der Waals surface area (Å²) in [5.41, 5.74) is 0. The van der Waals surface area contributed by atoms with Crippen molar-refractivity contribution in [3.8, 4) is 0 Å². The van der Waals surface area contributed by atoms with Gasteiger partial charge in [-0.1, -0.05) is 76.4 Å². The third kappa shape index (κ3) is 4.05. The summed E-state index contributed by atoms with van der Waals surface area (Å²) < 4.78 is 0.467. The SMILES string of the molecule is CCCCC[C]([Al])(C(C)C)C(C)C. The van der Waals surface area contributed by atoms with Gasteiger partial charge in [0.15, 0.2) is 0 Å². The standard InChI is InChI=1S/C12H25.Al/c1-6-7-8-9-12(10(2)3)11(4)5;/h10-11H,6-9H2,1-5H3;. The summed E-state index contributed by atoms with van der Waals surface area (Å²) in [5.74, 6) is 1.55. The van der Waals surface area contributed by atoms with Gasteiger partial charge in [0.2, 0.25) is 0 Å². The summed E-state index contributed by atoms with van der Waals surface area (Å²) in [5, 5.41) is 0. The predicted octanol–water partition coefficient (Wildman–Crippen LogP) is 4.21. The molecule has 0 aliphatic heterocycles.